The molecule has 0 aliphatic carbocycles. The maximum atomic E-state index is 5.94. The van der Waals surface area contributed by atoms with Crippen molar-refractivity contribution in [3.05, 3.63) is 36.4 Å². The van der Waals surface area contributed by atoms with E-state index in [1.807, 2.05) is 16.9 Å². The Balaban J connectivity index is 1.65. The zero-order chi connectivity index (χ0) is 16.6. The number of aromatic nitrogens is 5. The van der Waals surface area contributed by atoms with Crippen molar-refractivity contribution < 1.29 is 4.74 Å². The molecule has 0 amide bonds. The zero-order valence-corrected chi connectivity index (χ0v) is 14.0. The minimum Gasteiger partial charge on any atom is -0.356 e. The summed E-state index contributed by atoms with van der Waals surface area (Å²) in [6, 6.07) is 4.09. The summed E-state index contributed by atoms with van der Waals surface area (Å²) in [5.41, 5.74) is 3.86. The lowest BCUT2D eigenvalue weighted by molar-refractivity contribution is -0.0368. The van der Waals surface area contributed by atoms with Gasteiger partial charge in [-0.25, -0.2) is 14.6 Å². The van der Waals surface area contributed by atoms with Crippen molar-refractivity contribution in [2.45, 2.75) is 38.3 Å². The summed E-state index contributed by atoms with van der Waals surface area (Å²) >= 11 is 0. The van der Waals surface area contributed by atoms with Crippen LogP contribution in [0.4, 0.5) is 11.5 Å². The molecule has 3 aromatic heterocycles. The smallest absolute Gasteiger partial charge is 0.183 e. The molecule has 5 rings (SSSR count). The number of anilines is 2. The number of rotatable bonds is 2. The number of ether oxygens (including phenoxy) is 1. The Morgan fingerprint density at radius 1 is 1.04 bits per heavy atom. The number of fused-ring (bicyclic) bond motifs is 2. The summed E-state index contributed by atoms with van der Waals surface area (Å²) in [7, 11) is 0. The minimum atomic E-state index is -0.0557. The van der Waals surface area contributed by atoms with Crippen LogP contribution < -0.4 is 4.90 Å². The molecule has 7 heteroatoms. The number of aryl methyl sites for hydroxylation is 1. The van der Waals surface area contributed by atoms with E-state index in [2.05, 4.69) is 25.9 Å². The van der Waals surface area contributed by atoms with Crippen molar-refractivity contribution >= 4 is 22.7 Å². The summed E-state index contributed by atoms with van der Waals surface area (Å²) < 4.78 is 7.86. The molecule has 1 fully saturated rings. The molecule has 2 aliphatic heterocycles. The summed E-state index contributed by atoms with van der Waals surface area (Å²) in [6.07, 6.45) is 10.5. The molecule has 5 heterocycles. The molecule has 0 aromatic carbocycles. The lowest BCUT2D eigenvalue weighted by Gasteiger charge is -2.28. The van der Waals surface area contributed by atoms with E-state index in [0.29, 0.717) is 0 Å². The van der Waals surface area contributed by atoms with Crippen molar-refractivity contribution in [3.63, 3.8) is 0 Å². The average Bonchev–Trinajstić information content (AvgIpc) is 3.08. The molecule has 2 aliphatic rings. The Bertz CT molecular complexity index is 901. The maximum Gasteiger partial charge on any atom is 0.183 e. The van der Waals surface area contributed by atoms with E-state index in [4.69, 9.17) is 9.84 Å². The normalized spacial score (nSPS) is 20.6. The van der Waals surface area contributed by atoms with E-state index in [1.54, 1.807) is 12.4 Å². The van der Waals surface area contributed by atoms with Crippen LogP contribution in [0.5, 0.6) is 0 Å². The zero-order valence-electron chi connectivity index (χ0n) is 14.0. The first-order valence-electron chi connectivity index (χ1n) is 8.94. The van der Waals surface area contributed by atoms with Gasteiger partial charge in [0, 0.05) is 31.7 Å². The van der Waals surface area contributed by atoms with Crippen molar-refractivity contribution in [2.24, 2.45) is 0 Å². The lowest BCUT2D eigenvalue weighted by Crippen LogP contribution is -2.26. The van der Waals surface area contributed by atoms with Crippen molar-refractivity contribution in [2.75, 3.05) is 18.1 Å². The van der Waals surface area contributed by atoms with Gasteiger partial charge in [0.15, 0.2) is 23.2 Å². The van der Waals surface area contributed by atoms with Crippen LogP contribution in [-0.2, 0) is 11.2 Å². The van der Waals surface area contributed by atoms with E-state index in [9.17, 15) is 0 Å². The van der Waals surface area contributed by atoms with Gasteiger partial charge >= 0.3 is 0 Å². The monoisotopic (exact) mass is 336 g/mol. The Kier molecular flexibility index (Phi) is 3.59. The van der Waals surface area contributed by atoms with Crippen molar-refractivity contribution in [1.82, 2.24) is 24.7 Å². The molecule has 0 radical (unpaired) electrons. The summed E-state index contributed by atoms with van der Waals surface area (Å²) in [6.45, 7) is 1.69. The van der Waals surface area contributed by atoms with Crippen molar-refractivity contribution in [1.29, 1.82) is 0 Å². The van der Waals surface area contributed by atoms with Gasteiger partial charge in [-0.2, -0.15) is 0 Å². The molecule has 0 N–H and O–H groups in total. The predicted molar refractivity (Wildman–Crippen MR) is 93.7 cm³/mol. The third kappa shape index (κ3) is 2.46. The summed E-state index contributed by atoms with van der Waals surface area (Å²) in [4.78, 5) is 15.9. The highest BCUT2D eigenvalue weighted by Crippen LogP contribution is 2.36. The van der Waals surface area contributed by atoms with Crippen LogP contribution in [0, 0.1) is 0 Å². The molecule has 0 bridgehead atoms. The molecule has 0 spiro atoms. The van der Waals surface area contributed by atoms with Gasteiger partial charge in [0.1, 0.15) is 0 Å². The second kappa shape index (κ2) is 6.07. The van der Waals surface area contributed by atoms with E-state index in [1.165, 1.54) is 0 Å². The Morgan fingerprint density at radius 3 is 2.92 bits per heavy atom. The molecular weight excluding hydrogens is 316 g/mol. The molecule has 1 atom stereocenters. The van der Waals surface area contributed by atoms with Gasteiger partial charge in [0.05, 0.1) is 11.4 Å². The fourth-order valence-corrected chi connectivity index (χ4v) is 3.77. The van der Waals surface area contributed by atoms with E-state index >= 15 is 0 Å². The number of pyridine rings is 1. The van der Waals surface area contributed by atoms with Crippen LogP contribution >= 0.6 is 0 Å². The summed E-state index contributed by atoms with van der Waals surface area (Å²) in [5, 5.41) is 4.90. The van der Waals surface area contributed by atoms with Crippen LogP contribution in [0.1, 0.15) is 37.6 Å². The first-order valence-corrected chi connectivity index (χ1v) is 8.94. The fourth-order valence-electron chi connectivity index (χ4n) is 3.77. The third-order valence-corrected chi connectivity index (χ3v) is 4.95. The van der Waals surface area contributed by atoms with Gasteiger partial charge in [-0.3, -0.25) is 4.98 Å². The number of nitrogens with zero attached hydrogens (tertiary/aromatic N) is 6. The highest BCUT2D eigenvalue weighted by Gasteiger charge is 2.28. The molecule has 25 heavy (non-hydrogen) atoms. The predicted octanol–water partition coefficient (Wildman–Crippen LogP) is 3.00. The summed E-state index contributed by atoms with van der Waals surface area (Å²) in [5.74, 6) is 0.853. The molecule has 3 aromatic rings. The van der Waals surface area contributed by atoms with Gasteiger partial charge in [0.25, 0.3) is 0 Å². The standard InChI is InChI=1S/C18H20N6O/c1-2-12-25-15(7-1)24-17-16(20-9-10-21-17)18(22-24)23-11-4-5-13-14(23)6-3-8-19-13/h3,6,8-10,15H,1-2,4-5,7,11-12H2. The molecular formula is C18H20N6O. The lowest BCUT2D eigenvalue weighted by atomic mass is 10.1. The van der Waals surface area contributed by atoms with E-state index in [0.717, 1.165) is 73.6 Å². The van der Waals surface area contributed by atoms with Crippen LogP contribution in [0.15, 0.2) is 30.7 Å². The van der Waals surface area contributed by atoms with E-state index < -0.39 is 0 Å². The highest BCUT2D eigenvalue weighted by atomic mass is 16.5. The van der Waals surface area contributed by atoms with Gasteiger partial charge in [0.2, 0.25) is 0 Å². The number of hydrogen-bond donors (Lipinski definition) is 0. The Morgan fingerprint density at radius 2 is 2.00 bits per heavy atom. The molecule has 0 saturated carbocycles. The molecule has 1 saturated heterocycles. The van der Waals surface area contributed by atoms with E-state index in [-0.39, 0.29) is 6.23 Å². The molecule has 128 valence electrons. The van der Waals surface area contributed by atoms with Gasteiger partial charge in [-0.1, -0.05) is 0 Å². The quantitative estimate of drug-likeness (QED) is 0.716. The van der Waals surface area contributed by atoms with Crippen LogP contribution in [0.3, 0.4) is 0 Å². The highest BCUT2D eigenvalue weighted by molar-refractivity contribution is 5.87. The second-order valence-corrected chi connectivity index (χ2v) is 6.54. The van der Waals surface area contributed by atoms with Crippen molar-refractivity contribution in [3.8, 4) is 0 Å². The van der Waals surface area contributed by atoms with Gasteiger partial charge < -0.3 is 9.64 Å². The molecule has 1 unspecified atom stereocenters. The first kappa shape index (κ1) is 14.8. The second-order valence-electron chi connectivity index (χ2n) is 6.54. The average molecular weight is 336 g/mol. The Hall–Kier alpha value is -2.54. The van der Waals surface area contributed by atoms with Gasteiger partial charge in [-0.15, -0.1) is 5.10 Å². The first-order chi connectivity index (χ1) is 12.4. The largest absolute Gasteiger partial charge is 0.356 e. The maximum absolute atomic E-state index is 5.94. The van der Waals surface area contributed by atoms with Crippen LogP contribution in [0.25, 0.3) is 11.2 Å². The fraction of sp³-hybridized carbons (Fsp3) is 0.444. The van der Waals surface area contributed by atoms with Crippen LogP contribution in [0.2, 0.25) is 0 Å². The Labute approximate surface area is 145 Å². The van der Waals surface area contributed by atoms with Gasteiger partial charge in [-0.05, 0) is 44.2 Å². The minimum absolute atomic E-state index is 0.0557. The SMILES string of the molecule is c1cnc2c(c1)N(c1nn(C3CCCCO3)c3nccnc13)CCC2. The van der Waals surface area contributed by atoms with Crippen LogP contribution in [-0.4, -0.2) is 37.9 Å². The topological polar surface area (TPSA) is 69.0 Å². The number of hydrogen-bond acceptors (Lipinski definition) is 6. The third-order valence-electron chi connectivity index (χ3n) is 4.95. The molecule has 7 nitrogen and oxygen atoms in total.